The van der Waals surface area contributed by atoms with Crippen LogP contribution in [0.15, 0.2) is 18.2 Å². The summed E-state index contributed by atoms with van der Waals surface area (Å²) in [7, 11) is 0. The van der Waals surface area contributed by atoms with Gasteiger partial charge >= 0.3 is 0 Å². The molecular formula is C14H21N3O2. The summed E-state index contributed by atoms with van der Waals surface area (Å²) in [5.74, 6) is 5.60. The van der Waals surface area contributed by atoms with E-state index in [1.54, 1.807) is 12.1 Å². The van der Waals surface area contributed by atoms with Gasteiger partial charge in [0.2, 0.25) is 0 Å². The average Bonchev–Trinajstić information content (AvgIpc) is 2.46. The molecule has 104 valence electrons. The van der Waals surface area contributed by atoms with E-state index in [9.17, 15) is 9.90 Å². The van der Waals surface area contributed by atoms with E-state index in [0.29, 0.717) is 12.1 Å². The highest BCUT2D eigenvalue weighted by Crippen LogP contribution is 2.21. The Balaban J connectivity index is 2.15. The van der Waals surface area contributed by atoms with Crippen LogP contribution in [0.4, 0.5) is 5.69 Å². The van der Waals surface area contributed by atoms with Crippen LogP contribution < -0.4 is 11.3 Å². The molecule has 1 atom stereocenters. The maximum Gasteiger partial charge on any atom is 0.254 e. The van der Waals surface area contributed by atoms with Gasteiger partial charge in [-0.25, -0.2) is 0 Å². The van der Waals surface area contributed by atoms with Crippen LogP contribution in [-0.2, 0) is 0 Å². The van der Waals surface area contributed by atoms with Crippen LogP contribution in [0.25, 0.3) is 0 Å². The molecule has 1 aromatic rings. The first-order chi connectivity index (χ1) is 9.15. The number of hydrogen-bond acceptors (Lipinski definition) is 4. The smallest absolute Gasteiger partial charge is 0.254 e. The minimum absolute atomic E-state index is 0.0409. The van der Waals surface area contributed by atoms with Crippen molar-refractivity contribution in [2.75, 3.05) is 25.1 Å². The lowest BCUT2D eigenvalue weighted by Gasteiger charge is -2.32. The Morgan fingerprint density at radius 2 is 2.37 bits per heavy atom. The number of anilines is 1. The quantitative estimate of drug-likeness (QED) is 0.564. The van der Waals surface area contributed by atoms with E-state index in [1.165, 1.54) is 0 Å². The first-order valence-electron chi connectivity index (χ1n) is 6.63. The number of aryl methyl sites for hydroxylation is 1. The van der Waals surface area contributed by atoms with Gasteiger partial charge in [-0.05, 0) is 49.4 Å². The first kappa shape index (κ1) is 13.8. The molecule has 4 N–H and O–H groups in total. The highest BCUT2D eigenvalue weighted by atomic mass is 16.3. The third-order valence-electron chi connectivity index (χ3n) is 3.69. The molecule has 0 radical (unpaired) electrons. The summed E-state index contributed by atoms with van der Waals surface area (Å²) >= 11 is 0. The van der Waals surface area contributed by atoms with Crippen LogP contribution in [0, 0.1) is 12.8 Å². The Kier molecular flexibility index (Phi) is 4.39. The number of nitrogens with one attached hydrogen (secondary N) is 1. The van der Waals surface area contributed by atoms with Crippen molar-refractivity contribution < 1.29 is 9.90 Å². The number of carbonyl (C=O) groups excluding carboxylic acids is 1. The number of rotatable bonds is 3. The lowest BCUT2D eigenvalue weighted by molar-refractivity contribution is 0.0620. The molecule has 0 bridgehead atoms. The van der Waals surface area contributed by atoms with Crippen molar-refractivity contribution in [2.45, 2.75) is 19.8 Å². The minimum Gasteiger partial charge on any atom is -0.396 e. The SMILES string of the molecule is Cc1cc(NN)ccc1C(=O)N1CCCC(CO)C1. The van der Waals surface area contributed by atoms with Gasteiger partial charge < -0.3 is 15.4 Å². The lowest BCUT2D eigenvalue weighted by Crippen LogP contribution is -2.41. The number of nitrogen functional groups attached to an aromatic ring is 1. The third kappa shape index (κ3) is 3.05. The molecule has 1 aliphatic rings. The molecule has 5 nitrogen and oxygen atoms in total. The van der Waals surface area contributed by atoms with Crippen LogP contribution in [0.1, 0.15) is 28.8 Å². The fourth-order valence-electron chi connectivity index (χ4n) is 2.56. The minimum atomic E-state index is 0.0409. The van der Waals surface area contributed by atoms with Gasteiger partial charge in [-0.2, -0.15) is 0 Å². The van der Waals surface area contributed by atoms with Crippen LogP contribution in [-0.4, -0.2) is 35.6 Å². The fourth-order valence-corrected chi connectivity index (χ4v) is 2.56. The molecule has 0 spiro atoms. The number of hydrogen-bond donors (Lipinski definition) is 3. The summed E-state index contributed by atoms with van der Waals surface area (Å²) in [5.41, 5.74) is 4.98. The van der Waals surface area contributed by atoms with E-state index in [-0.39, 0.29) is 18.4 Å². The van der Waals surface area contributed by atoms with Gasteiger partial charge in [0.25, 0.3) is 5.91 Å². The second-order valence-corrected chi connectivity index (χ2v) is 5.12. The van der Waals surface area contributed by atoms with Gasteiger partial charge in [-0.1, -0.05) is 0 Å². The highest BCUT2D eigenvalue weighted by Gasteiger charge is 2.24. The van der Waals surface area contributed by atoms with Gasteiger partial charge in [0, 0.05) is 30.9 Å². The zero-order valence-corrected chi connectivity index (χ0v) is 11.2. The zero-order valence-electron chi connectivity index (χ0n) is 11.2. The Bertz CT molecular complexity index is 462. The maximum atomic E-state index is 12.5. The number of hydrazine groups is 1. The van der Waals surface area contributed by atoms with Crippen molar-refractivity contribution in [3.05, 3.63) is 29.3 Å². The molecule has 1 aliphatic heterocycles. The van der Waals surface area contributed by atoms with E-state index in [0.717, 1.165) is 30.6 Å². The number of likely N-dealkylation sites (tertiary alicyclic amines) is 1. The van der Waals surface area contributed by atoms with E-state index >= 15 is 0 Å². The maximum absolute atomic E-state index is 12.5. The molecular weight excluding hydrogens is 242 g/mol. The van der Waals surface area contributed by atoms with E-state index in [2.05, 4.69) is 5.43 Å². The standard InChI is InChI=1S/C14H21N3O2/c1-10-7-12(16-15)4-5-13(10)14(19)17-6-2-3-11(8-17)9-18/h4-5,7,11,16,18H,2-3,6,8-9,15H2,1H3. The van der Waals surface area contributed by atoms with Gasteiger partial charge in [-0.15, -0.1) is 0 Å². The van der Waals surface area contributed by atoms with Crippen molar-refractivity contribution in [1.29, 1.82) is 0 Å². The molecule has 5 heteroatoms. The van der Waals surface area contributed by atoms with Crippen molar-refractivity contribution in [3.8, 4) is 0 Å². The van der Waals surface area contributed by atoms with Crippen molar-refractivity contribution >= 4 is 11.6 Å². The average molecular weight is 263 g/mol. The second kappa shape index (κ2) is 6.04. The summed E-state index contributed by atoms with van der Waals surface area (Å²) in [4.78, 5) is 14.3. The summed E-state index contributed by atoms with van der Waals surface area (Å²) < 4.78 is 0. The summed E-state index contributed by atoms with van der Waals surface area (Å²) in [5, 5.41) is 9.22. The third-order valence-corrected chi connectivity index (χ3v) is 3.69. The number of carbonyl (C=O) groups is 1. The normalized spacial score (nSPS) is 19.3. The fraction of sp³-hybridized carbons (Fsp3) is 0.500. The van der Waals surface area contributed by atoms with E-state index in [1.807, 2.05) is 17.9 Å². The lowest BCUT2D eigenvalue weighted by atomic mass is 9.97. The predicted molar refractivity (Wildman–Crippen MR) is 74.7 cm³/mol. The number of nitrogens with two attached hydrogens (primary N) is 1. The van der Waals surface area contributed by atoms with Crippen LogP contribution in [0.5, 0.6) is 0 Å². The van der Waals surface area contributed by atoms with Crippen molar-refractivity contribution in [3.63, 3.8) is 0 Å². The number of piperidine rings is 1. The molecule has 0 aliphatic carbocycles. The number of amides is 1. The Morgan fingerprint density at radius 3 is 3.00 bits per heavy atom. The van der Waals surface area contributed by atoms with Crippen LogP contribution >= 0.6 is 0 Å². The highest BCUT2D eigenvalue weighted by molar-refractivity contribution is 5.96. The van der Waals surface area contributed by atoms with Crippen molar-refractivity contribution in [2.24, 2.45) is 11.8 Å². The van der Waals surface area contributed by atoms with E-state index < -0.39 is 0 Å². The number of aliphatic hydroxyl groups excluding tert-OH is 1. The molecule has 2 rings (SSSR count). The molecule has 1 fully saturated rings. The first-order valence-corrected chi connectivity index (χ1v) is 6.63. The number of aliphatic hydroxyl groups is 1. The number of benzene rings is 1. The summed E-state index contributed by atoms with van der Waals surface area (Å²) in [6.07, 6.45) is 1.95. The monoisotopic (exact) mass is 263 g/mol. The molecule has 0 saturated carbocycles. The molecule has 1 heterocycles. The molecule has 1 unspecified atom stereocenters. The molecule has 1 amide bonds. The Hall–Kier alpha value is -1.59. The Labute approximate surface area is 113 Å². The molecule has 19 heavy (non-hydrogen) atoms. The van der Waals surface area contributed by atoms with E-state index in [4.69, 9.17) is 5.84 Å². The largest absolute Gasteiger partial charge is 0.396 e. The second-order valence-electron chi connectivity index (χ2n) is 5.12. The Morgan fingerprint density at radius 1 is 1.58 bits per heavy atom. The molecule has 1 aromatic carbocycles. The van der Waals surface area contributed by atoms with Crippen LogP contribution in [0.2, 0.25) is 0 Å². The zero-order chi connectivity index (χ0) is 13.8. The molecule has 0 aromatic heterocycles. The van der Waals surface area contributed by atoms with Gasteiger partial charge in [0.05, 0.1) is 0 Å². The van der Waals surface area contributed by atoms with Gasteiger partial charge in [-0.3, -0.25) is 10.6 Å². The predicted octanol–water partition coefficient (Wildman–Crippen LogP) is 1.13. The topological polar surface area (TPSA) is 78.6 Å². The van der Waals surface area contributed by atoms with Crippen LogP contribution in [0.3, 0.4) is 0 Å². The number of nitrogens with zero attached hydrogens (tertiary/aromatic N) is 1. The summed E-state index contributed by atoms with van der Waals surface area (Å²) in [6.45, 7) is 3.47. The summed E-state index contributed by atoms with van der Waals surface area (Å²) in [6, 6.07) is 5.46. The molecule has 1 saturated heterocycles. The van der Waals surface area contributed by atoms with Gasteiger partial charge in [0.15, 0.2) is 0 Å². The van der Waals surface area contributed by atoms with Gasteiger partial charge in [0.1, 0.15) is 0 Å². The van der Waals surface area contributed by atoms with Crippen molar-refractivity contribution in [1.82, 2.24) is 4.90 Å².